The van der Waals surface area contributed by atoms with Crippen molar-refractivity contribution < 1.29 is 9.13 Å². The standard InChI is InChI=1S/C39H39FN4O/c1-6-33-39(38-25(4)19-24(3)20-26(38)5)34(7-2)44(42-33)28-11-10-12-29(22-28)45-30-15-16-32-31-13-8-9-14-35(31)43(36(32)23-30)37-21-27(40)17-18-41-37/h8-19,21-24,26,38H,6-7,20H2,1-5H3/t24-,26-,38?/m0/s1. The topological polar surface area (TPSA) is 44.9 Å². The smallest absolute Gasteiger partial charge is 0.140 e. The zero-order valence-corrected chi connectivity index (χ0v) is 26.6. The predicted octanol–water partition coefficient (Wildman–Crippen LogP) is 10.1. The van der Waals surface area contributed by atoms with Gasteiger partial charge in [-0.25, -0.2) is 14.1 Å². The molecular formula is C39H39FN4O. The molecule has 0 fully saturated rings. The van der Waals surface area contributed by atoms with E-state index in [0.717, 1.165) is 46.1 Å². The van der Waals surface area contributed by atoms with Gasteiger partial charge in [0, 0.05) is 52.3 Å². The van der Waals surface area contributed by atoms with Crippen LogP contribution in [0.15, 0.2) is 96.7 Å². The van der Waals surface area contributed by atoms with E-state index in [4.69, 9.17) is 9.84 Å². The van der Waals surface area contributed by atoms with Crippen LogP contribution in [0.5, 0.6) is 11.5 Å². The Bertz CT molecular complexity index is 2070. The lowest BCUT2D eigenvalue weighted by Crippen LogP contribution is -2.21. The van der Waals surface area contributed by atoms with Gasteiger partial charge in [0.25, 0.3) is 0 Å². The first-order chi connectivity index (χ1) is 21.9. The monoisotopic (exact) mass is 598 g/mol. The van der Waals surface area contributed by atoms with Gasteiger partial charge in [-0.05, 0) is 74.4 Å². The lowest BCUT2D eigenvalue weighted by atomic mass is 9.72. The van der Waals surface area contributed by atoms with Crippen LogP contribution in [0.2, 0.25) is 0 Å². The second-order valence-electron chi connectivity index (χ2n) is 12.5. The van der Waals surface area contributed by atoms with Crippen LogP contribution in [0, 0.1) is 17.7 Å². The highest BCUT2D eigenvalue weighted by Gasteiger charge is 2.32. The highest BCUT2D eigenvalue weighted by Crippen LogP contribution is 2.44. The Morgan fingerprint density at radius 1 is 0.867 bits per heavy atom. The molecule has 45 heavy (non-hydrogen) atoms. The van der Waals surface area contributed by atoms with Gasteiger partial charge in [-0.1, -0.05) is 63.6 Å². The molecule has 3 atom stereocenters. The molecule has 0 radical (unpaired) electrons. The van der Waals surface area contributed by atoms with Crippen molar-refractivity contribution in [2.24, 2.45) is 11.8 Å². The van der Waals surface area contributed by atoms with Gasteiger partial charge < -0.3 is 4.74 Å². The van der Waals surface area contributed by atoms with Crippen LogP contribution in [0.1, 0.15) is 63.9 Å². The van der Waals surface area contributed by atoms with Gasteiger partial charge in [-0.15, -0.1) is 0 Å². The van der Waals surface area contributed by atoms with Gasteiger partial charge in [0.2, 0.25) is 0 Å². The van der Waals surface area contributed by atoms with Crippen molar-refractivity contribution >= 4 is 21.8 Å². The SMILES string of the molecule is CCc1nn(-c2cccc(Oc3ccc4c5ccccc5n(-c5cc(F)ccn5)c4c3)c2)c(CC)c1C1C(C)=C[C@H](C)C[C@@H]1C. The molecule has 3 heterocycles. The Kier molecular flexibility index (Phi) is 7.52. The summed E-state index contributed by atoms with van der Waals surface area (Å²) in [5.74, 6) is 3.20. The number of hydrogen-bond donors (Lipinski definition) is 0. The molecule has 7 rings (SSSR count). The van der Waals surface area contributed by atoms with E-state index in [2.05, 4.69) is 74.6 Å². The Labute approximate surface area is 264 Å². The number of fused-ring (bicyclic) bond motifs is 3. The zero-order valence-electron chi connectivity index (χ0n) is 26.6. The number of halogens is 1. The highest BCUT2D eigenvalue weighted by molar-refractivity contribution is 6.09. The third-order valence-electron chi connectivity index (χ3n) is 9.31. The molecule has 0 spiro atoms. The van der Waals surface area contributed by atoms with Crippen LogP contribution in [0.25, 0.3) is 33.3 Å². The molecular weight excluding hydrogens is 559 g/mol. The summed E-state index contributed by atoms with van der Waals surface area (Å²) in [6, 6.07) is 25.2. The van der Waals surface area contributed by atoms with Gasteiger partial charge in [0.15, 0.2) is 0 Å². The van der Waals surface area contributed by atoms with Crippen molar-refractivity contribution in [3.63, 3.8) is 0 Å². The van der Waals surface area contributed by atoms with Crippen LogP contribution in [-0.2, 0) is 12.8 Å². The first kappa shape index (κ1) is 29.0. The molecule has 3 aromatic carbocycles. The molecule has 0 saturated heterocycles. The molecule has 5 nitrogen and oxygen atoms in total. The van der Waals surface area contributed by atoms with Gasteiger partial charge in [-0.3, -0.25) is 4.57 Å². The number of para-hydroxylation sites is 1. The average molecular weight is 599 g/mol. The fourth-order valence-electron chi connectivity index (χ4n) is 7.58. The molecule has 1 unspecified atom stereocenters. The summed E-state index contributed by atoms with van der Waals surface area (Å²) in [7, 11) is 0. The van der Waals surface area contributed by atoms with E-state index in [0.29, 0.717) is 29.3 Å². The number of ether oxygens (including phenoxy) is 1. The molecule has 1 aliphatic carbocycles. The second kappa shape index (κ2) is 11.7. The minimum atomic E-state index is -0.326. The van der Waals surface area contributed by atoms with Crippen LogP contribution in [-0.4, -0.2) is 19.3 Å². The molecule has 0 aliphatic heterocycles. The fourth-order valence-corrected chi connectivity index (χ4v) is 7.58. The number of hydrogen-bond acceptors (Lipinski definition) is 3. The van der Waals surface area contributed by atoms with Crippen LogP contribution in [0.3, 0.4) is 0 Å². The maximum Gasteiger partial charge on any atom is 0.140 e. The molecule has 1 aliphatic rings. The Hall–Kier alpha value is -4.71. The molecule has 3 aromatic heterocycles. The average Bonchev–Trinajstić information content (AvgIpc) is 3.56. The van der Waals surface area contributed by atoms with E-state index in [1.54, 1.807) is 0 Å². The number of pyridine rings is 1. The van der Waals surface area contributed by atoms with E-state index in [1.165, 1.54) is 47.3 Å². The Morgan fingerprint density at radius 3 is 2.44 bits per heavy atom. The summed E-state index contributed by atoms with van der Waals surface area (Å²) in [6.45, 7) is 11.4. The summed E-state index contributed by atoms with van der Waals surface area (Å²) >= 11 is 0. The number of nitrogens with zero attached hydrogens (tertiary/aromatic N) is 4. The molecule has 0 N–H and O–H groups in total. The highest BCUT2D eigenvalue weighted by atomic mass is 19.1. The third-order valence-corrected chi connectivity index (χ3v) is 9.31. The zero-order chi connectivity index (χ0) is 31.2. The van der Waals surface area contributed by atoms with Crippen molar-refractivity contribution in [2.75, 3.05) is 0 Å². The third kappa shape index (κ3) is 5.12. The Morgan fingerprint density at radius 2 is 1.67 bits per heavy atom. The van der Waals surface area contributed by atoms with E-state index < -0.39 is 0 Å². The first-order valence-corrected chi connectivity index (χ1v) is 16.1. The van der Waals surface area contributed by atoms with Crippen LogP contribution in [0.4, 0.5) is 4.39 Å². The van der Waals surface area contributed by atoms with E-state index >= 15 is 0 Å². The summed E-state index contributed by atoms with van der Waals surface area (Å²) in [6.07, 6.45) is 6.94. The van der Waals surface area contributed by atoms with Gasteiger partial charge in [0.05, 0.1) is 22.4 Å². The van der Waals surface area contributed by atoms with Gasteiger partial charge in [-0.2, -0.15) is 5.10 Å². The van der Waals surface area contributed by atoms with Gasteiger partial charge in [0.1, 0.15) is 23.1 Å². The Balaban J connectivity index is 1.28. The number of benzene rings is 3. The quantitative estimate of drug-likeness (QED) is 0.172. The predicted molar refractivity (Wildman–Crippen MR) is 180 cm³/mol. The minimum Gasteiger partial charge on any atom is -0.457 e. The van der Waals surface area contributed by atoms with Crippen molar-refractivity contribution in [2.45, 2.75) is 59.8 Å². The summed E-state index contributed by atoms with van der Waals surface area (Å²) < 4.78 is 24.9. The first-order valence-electron chi connectivity index (χ1n) is 16.1. The molecule has 228 valence electrons. The lowest BCUT2D eigenvalue weighted by Gasteiger charge is -2.32. The van der Waals surface area contributed by atoms with E-state index in [1.807, 2.05) is 47.0 Å². The molecule has 6 heteroatoms. The normalized spacial score (nSPS) is 18.4. The maximum absolute atomic E-state index is 14.3. The summed E-state index contributed by atoms with van der Waals surface area (Å²) in [5.41, 5.74) is 8.18. The van der Waals surface area contributed by atoms with Gasteiger partial charge >= 0.3 is 0 Å². The maximum atomic E-state index is 14.3. The fraction of sp³-hybridized carbons (Fsp3) is 0.282. The largest absolute Gasteiger partial charge is 0.457 e. The van der Waals surface area contributed by atoms with Crippen molar-refractivity contribution in [1.82, 2.24) is 19.3 Å². The summed E-state index contributed by atoms with van der Waals surface area (Å²) in [5, 5.41) is 7.32. The van der Waals surface area contributed by atoms with Crippen molar-refractivity contribution in [1.29, 1.82) is 0 Å². The number of rotatable bonds is 7. The molecule has 0 amide bonds. The van der Waals surface area contributed by atoms with Crippen molar-refractivity contribution in [3.8, 4) is 23.0 Å². The number of aromatic nitrogens is 4. The lowest BCUT2D eigenvalue weighted by molar-refractivity contribution is 0.389. The molecule has 0 saturated carbocycles. The second-order valence-corrected chi connectivity index (χ2v) is 12.5. The van der Waals surface area contributed by atoms with E-state index in [9.17, 15) is 4.39 Å². The molecule has 0 bridgehead atoms. The molecule has 6 aromatic rings. The van der Waals surface area contributed by atoms with Crippen LogP contribution < -0.4 is 4.74 Å². The van der Waals surface area contributed by atoms with E-state index in [-0.39, 0.29) is 5.82 Å². The van der Waals surface area contributed by atoms with Crippen LogP contribution >= 0.6 is 0 Å². The summed E-state index contributed by atoms with van der Waals surface area (Å²) in [4.78, 5) is 4.49. The van der Waals surface area contributed by atoms with Crippen molar-refractivity contribution in [3.05, 3.63) is 119 Å². The number of allylic oxidation sites excluding steroid dienone is 2. The minimum absolute atomic E-state index is 0.326. The number of aryl methyl sites for hydroxylation is 1.